The van der Waals surface area contributed by atoms with E-state index < -0.39 is 42.1 Å². The van der Waals surface area contributed by atoms with E-state index in [4.69, 9.17) is 4.74 Å². The fraction of sp³-hybridized carbons (Fsp3) is 0.286. The van der Waals surface area contributed by atoms with Crippen LogP contribution in [0.2, 0.25) is 0 Å². The van der Waals surface area contributed by atoms with Crippen molar-refractivity contribution in [3.05, 3.63) is 58.3 Å². The van der Waals surface area contributed by atoms with E-state index in [0.29, 0.717) is 11.1 Å². The Hall–Kier alpha value is -3.33. The Morgan fingerprint density at radius 1 is 1.10 bits per heavy atom. The first-order valence-electron chi connectivity index (χ1n) is 9.43. The number of non-ortho nitro benzene ring substituents is 1. The van der Waals surface area contributed by atoms with Crippen LogP contribution in [0.4, 0.5) is 5.69 Å². The zero-order valence-corrected chi connectivity index (χ0v) is 16.0. The monoisotopic (exact) mass is 425 g/mol. The molecule has 10 heteroatoms. The largest absolute Gasteiger partial charge is 0.394 e. The first-order valence-corrected chi connectivity index (χ1v) is 9.43. The van der Waals surface area contributed by atoms with Crippen molar-refractivity contribution in [1.82, 2.24) is 10.2 Å². The molecular weight excluding hydrogens is 406 g/mol. The van der Waals surface area contributed by atoms with E-state index in [2.05, 4.69) is 22.0 Å². The average Bonchev–Trinajstić information content (AvgIpc) is 3.26. The van der Waals surface area contributed by atoms with Gasteiger partial charge in [0.05, 0.1) is 28.8 Å². The highest BCUT2D eigenvalue weighted by molar-refractivity contribution is 5.89. The van der Waals surface area contributed by atoms with Crippen molar-refractivity contribution >= 4 is 16.6 Å². The highest BCUT2D eigenvalue weighted by Crippen LogP contribution is 2.28. The van der Waals surface area contributed by atoms with E-state index in [9.17, 15) is 30.5 Å². The predicted octanol–water partition coefficient (Wildman–Crippen LogP) is 0.332. The number of rotatable bonds is 3. The fourth-order valence-electron chi connectivity index (χ4n) is 3.47. The molecule has 0 radical (unpaired) electrons. The number of nitrogens with one attached hydrogen (secondary N) is 1. The predicted molar refractivity (Wildman–Crippen MR) is 109 cm³/mol. The third-order valence-electron chi connectivity index (χ3n) is 5.20. The molecule has 0 amide bonds. The molecule has 4 unspecified atom stereocenters. The Balaban J connectivity index is 1.70. The molecule has 2 aromatic carbocycles. The van der Waals surface area contributed by atoms with Gasteiger partial charge in [-0.15, -0.1) is 0 Å². The lowest BCUT2D eigenvalue weighted by molar-refractivity contribution is -0.384. The van der Waals surface area contributed by atoms with Crippen LogP contribution in [-0.4, -0.2) is 72.7 Å². The molecule has 1 aliphatic heterocycles. The molecule has 1 fully saturated rings. The first-order chi connectivity index (χ1) is 14.9. The van der Waals surface area contributed by atoms with Gasteiger partial charge in [0.25, 0.3) is 5.69 Å². The SMILES string of the molecule is O=[N+]([O-])c1ccc(-c2cc(C#CC3OC(CO)[C@@H](O)C(O)C3O)c3[nH]ncc3c2)cc1. The number of aliphatic hydroxyl groups excluding tert-OH is 4. The number of benzene rings is 2. The maximum Gasteiger partial charge on any atom is 0.269 e. The number of aliphatic hydroxyl groups is 4. The van der Waals surface area contributed by atoms with Crippen molar-refractivity contribution in [1.29, 1.82) is 0 Å². The van der Waals surface area contributed by atoms with Crippen LogP contribution in [-0.2, 0) is 4.74 Å². The number of nitro groups is 1. The summed E-state index contributed by atoms with van der Waals surface area (Å²) in [6, 6.07) is 9.71. The van der Waals surface area contributed by atoms with Crippen molar-refractivity contribution in [3.63, 3.8) is 0 Å². The molecule has 0 aliphatic carbocycles. The Morgan fingerprint density at radius 3 is 2.52 bits per heavy atom. The number of hydrogen-bond acceptors (Lipinski definition) is 8. The standard InChI is InChI=1S/C21H19N3O7/c25-10-17-20(27)21(28)19(26)16(31-17)6-3-12-7-13(8-14-9-22-23-18(12)14)11-1-4-15(5-2-11)24(29)30/h1-2,4-5,7-9,16-17,19-21,25-28H,10H2,(H,22,23)/t16?,17?,19?,20-,21?/m1/s1. The topological polar surface area (TPSA) is 162 Å². The summed E-state index contributed by atoms with van der Waals surface area (Å²) in [5.41, 5.74) is 2.64. The first kappa shape index (κ1) is 20.9. The van der Waals surface area contributed by atoms with Crippen LogP contribution < -0.4 is 0 Å². The van der Waals surface area contributed by atoms with Gasteiger partial charge in [-0.1, -0.05) is 11.8 Å². The maximum atomic E-state index is 10.9. The molecule has 0 saturated carbocycles. The zero-order valence-electron chi connectivity index (χ0n) is 16.0. The van der Waals surface area contributed by atoms with Crippen LogP contribution in [0.3, 0.4) is 0 Å². The summed E-state index contributed by atoms with van der Waals surface area (Å²) < 4.78 is 5.42. The molecule has 0 bridgehead atoms. The smallest absolute Gasteiger partial charge is 0.269 e. The van der Waals surface area contributed by atoms with Gasteiger partial charge in [-0.2, -0.15) is 5.10 Å². The van der Waals surface area contributed by atoms with Crippen molar-refractivity contribution in [2.24, 2.45) is 0 Å². The Labute approximate surface area is 175 Å². The number of nitro benzene ring substituents is 1. The van der Waals surface area contributed by atoms with Gasteiger partial charge in [0.1, 0.15) is 30.5 Å². The van der Waals surface area contributed by atoms with Crippen LogP contribution in [0.1, 0.15) is 5.56 Å². The molecule has 31 heavy (non-hydrogen) atoms. The molecule has 1 aliphatic rings. The van der Waals surface area contributed by atoms with Crippen LogP contribution in [0.15, 0.2) is 42.6 Å². The van der Waals surface area contributed by atoms with Gasteiger partial charge < -0.3 is 25.2 Å². The normalized spacial score (nSPS) is 25.7. The third-order valence-corrected chi connectivity index (χ3v) is 5.20. The molecule has 1 saturated heterocycles. The third kappa shape index (κ3) is 4.00. The molecule has 4 rings (SSSR count). The van der Waals surface area contributed by atoms with Gasteiger partial charge in [-0.3, -0.25) is 15.2 Å². The van der Waals surface area contributed by atoms with E-state index in [1.165, 1.54) is 12.1 Å². The molecule has 160 valence electrons. The molecule has 2 heterocycles. The van der Waals surface area contributed by atoms with E-state index in [1.807, 2.05) is 6.07 Å². The van der Waals surface area contributed by atoms with Crippen molar-refractivity contribution in [2.45, 2.75) is 30.5 Å². The molecular formula is C21H19N3O7. The average molecular weight is 425 g/mol. The van der Waals surface area contributed by atoms with Crippen LogP contribution in [0, 0.1) is 22.0 Å². The lowest BCUT2D eigenvalue weighted by Gasteiger charge is -2.37. The van der Waals surface area contributed by atoms with Gasteiger partial charge in [-0.05, 0) is 35.4 Å². The van der Waals surface area contributed by atoms with Crippen molar-refractivity contribution in [3.8, 4) is 23.0 Å². The minimum absolute atomic E-state index is 0.0178. The second-order valence-electron chi connectivity index (χ2n) is 7.18. The molecule has 10 nitrogen and oxygen atoms in total. The highest BCUT2D eigenvalue weighted by Gasteiger charge is 2.42. The second-order valence-corrected chi connectivity index (χ2v) is 7.18. The molecule has 5 atom stereocenters. The zero-order chi connectivity index (χ0) is 22.1. The van der Waals surface area contributed by atoms with Crippen LogP contribution in [0.5, 0.6) is 0 Å². The second kappa shape index (κ2) is 8.43. The summed E-state index contributed by atoms with van der Waals surface area (Å²) in [5, 5.41) is 57.8. The summed E-state index contributed by atoms with van der Waals surface area (Å²) in [5.74, 6) is 5.65. The molecule has 0 spiro atoms. The summed E-state index contributed by atoms with van der Waals surface area (Å²) in [7, 11) is 0. The Morgan fingerprint density at radius 2 is 1.84 bits per heavy atom. The summed E-state index contributed by atoms with van der Waals surface area (Å²) in [6.45, 7) is -0.538. The number of aromatic amines is 1. The summed E-state index contributed by atoms with van der Waals surface area (Å²) >= 11 is 0. The quantitative estimate of drug-likeness (QED) is 0.228. The molecule has 1 aromatic heterocycles. The van der Waals surface area contributed by atoms with Gasteiger partial charge in [0.15, 0.2) is 0 Å². The van der Waals surface area contributed by atoms with Gasteiger partial charge in [0.2, 0.25) is 0 Å². The van der Waals surface area contributed by atoms with Gasteiger partial charge >= 0.3 is 0 Å². The number of ether oxygens (including phenoxy) is 1. The van der Waals surface area contributed by atoms with Crippen LogP contribution >= 0.6 is 0 Å². The number of nitrogens with zero attached hydrogens (tertiary/aromatic N) is 2. The number of H-pyrrole nitrogens is 1. The van der Waals surface area contributed by atoms with E-state index in [-0.39, 0.29) is 5.69 Å². The van der Waals surface area contributed by atoms with E-state index in [1.54, 1.807) is 24.4 Å². The van der Waals surface area contributed by atoms with E-state index >= 15 is 0 Å². The lowest BCUT2D eigenvalue weighted by atomic mass is 9.95. The number of aromatic nitrogens is 2. The van der Waals surface area contributed by atoms with Gasteiger partial charge in [-0.25, -0.2) is 0 Å². The highest BCUT2D eigenvalue weighted by atomic mass is 16.6. The number of hydrogen-bond donors (Lipinski definition) is 5. The summed E-state index contributed by atoms with van der Waals surface area (Å²) in [6.07, 6.45) is -4.98. The minimum atomic E-state index is -1.51. The molecule has 3 aromatic rings. The van der Waals surface area contributed by atoms with Crippen molar-refractivity contribution in [2.75, 3.05) is 6.61 Å². The Kier molecular flexibility index (Phi) is 5.69. The maximum absolute atomic E-state index is 10.9. The summed E-state index contributed by atoms with van der Waals surface area (Å²) in [4.78, 5) is 10.4. The molecule has 5 N–H and O–H groups in total. The van der Waals surface area contributed by atoms with Crippen molar-refractivity contribution < 1.29 is 30.1 Å². The minimum Gasteiger partial charge on any atom is -0.394 e. The van der Waals surface area contributed by atoms with Gasteiger partial charge in [0, 0.05) is 17.5 Å². The lowest BCUT2D eigenvalue weighted by Crippen LogP contribution is -2.58. The number of fused-ring (bicyclic) bond motifs is 1. The van der Waals surface area contributed by atoms with E-state index in [0.717, 1.165) is 16.5 Å². The Bertz CT molecular complexity index is 1160. The van der Waals surface area contributed by atoms with Crippen LogP contribution in [0.25, 0.3) is 22.0 Å². The fourth-order valence-corrected chi connectivity index (χ4v) is 3.47.